The molecular formula is C12H16FN3O4S. The average Bonchev–Trinajstić information content (AvgIpc) is 2.37. The summed E-state index contributed by atoms with van der Waals surface area (Å²) < 4.78 is 37.9. The first-order valence-corrected chi connectivity index (χ1v) is 8.28. The maximum Gasteiger partial charge on any atom is 0.327 e. The average molecular weight is 317 g/mol. The minimum absolute atomic E-state index is 0.0698. The van der Waals surface area contributed by atoms with E-state index in [9.17, 15) is 22.9 Å². The Labute approximate surface area is 122 Å². The molecular weight excluding hydrogens is 301 g/mol. The van der Waals surface area contributed by atoms with E-state index in [2.05, 4.69) is 5.32 Å². The summed E-state index contributed by atoms with van der Waals surface area (Å²) in [6.45, 7) is 0.648. The van der Waals surface area contributed by atoms with Gasteiger partial charge in [-0.3, -0.25) is 10.1 Å². The van der Waals surface area contributed by atoms with Crippen molar-refractivity contribution in [1.82, 2.24) is 4.31 Å². The Morgan fingerprint density at radius 3 is 2.81 bits per heavy atom. The number of benzene rings is 1. The molecule has 0 amide bonds. The van der Waals surface area contributed by atoms with Crippen molar-refractivity contribution in [3.63, 3.8) is 0 Å². The van der Waals surface area contributed by atoms with Gasteiger partial charge in [-0.15, -0.1) is 0 Å². The molecule has 1 atom stereocenters. The lowest BCUT2D eigenvalue weighted by molar-refractivity contribution is -0.386. The highest BCUT2D eigenvalue weighted by molar-refractivity contribution is 7.88. The summed E-state index contributed by atoms with van der Waals surface area (Å²) in [5, 5.41) is 13.8. The van der Waals surface area contributed by atoms with Crippen molar-refractivity contribution in [3.8, 4) is 0 Å². The zero-order valence-corrected chi connectivity index (χ0v) is 12.3. The molecule has 21 heavy (non-hydrogen) atoms. The number of halogens is 1. The molecule has 1 aromatic carbocycles. The molecule has 116 valence electrons. The fourth-order valence-corrected chi connectivity index (χ4v) is 3.31. The van der Waals surface area contributed by atoms with E-state index in [0.717, 1.165) is 12.3 Å². The molecule has 0 aromatic heterocycles. The van der Waals surface area contributed by atoms with Crippen LogP contribution < -0.4 is 5.32 Å². The van der Waals surface area contributed by atoms with Crippen LogP contribution in [-0.2, 0) is 10.0 Å². The molecule has 1 fully saturated rings. The van der Waals surface area contributed by atoms with Crippen molar-refractivity contribution in [2.45, 2.75) is 18.9 Å². The lowest BCUT2D eigenvalue weighted by atomic mass is 10.1. The van der Waals surface area contributed by atoms with Crippen LogP contribution in [-0.4, -0.2) is 43.0 Å². The molecule has 1 N–H and O–H groups in total. The predicted molar refractivity (Wildman–Crippen MR) is 76.1 cm³/mol. The van der Waals surface area contributed by atoms with Gasteiger partial charge in [0.05, 0.1) is 11.2 Å². The van der Waals surface area contributed by atoms with Gasteiger partial charge in [-0.1, -0.05) is 6.07 Å². The number of nitrogens with zero attached hydrogens (tertiary/aromatic N) is 2. The fraction of sp³-hybridized carbons (Fsp3) is 0.500. The van der Waals surface area contributed by atoms with E-state index in [1.165, 1.54) is 16.4 Å². The number of nitro benzene ring substituents is 1. The van der Waals surface area contributed by atoms with Gasteiger partial charge in [0.15, 0.2) is 0 Å². The Morgan fingerprint density at radius 2 is 2.19 bits per heavy atom. The van der Waals surface area contributed by atoms with Crippen molar-refractivity contribution in [3.05, 3.63) is 34.1 Å². The number of anilines is 1. The van der Waals surface area contributed by atoms with Gasteiger partial charge in [-0.2, -0.15) is 4.39 Å². The van der Waals surface area contributed by atoms with E-state index in [4.69, 9.17) is 0 Å². The topological polar surface area (TPSA) is 92.6 Å². The van der Waals surface area contributed by atoms with Crippen molar-refractivity contribution >= 4 is 21.4 Å². The Hall–Kier alpha value is -1.74. The molecule has 0 radical (unpaired) electrons. The highest BCUT2D eigenvalue weighted by atomic mass is 32.2. The normalized spacial score (nSPS) is 20.2. The molecule has 1 aliphatic heterocycles. The van der Waals surface area contributed by atoms with E-state index in [1.54, 1.807) is 0 Å². The predicted octanol–water partition coefficient (Wildman–Crippen LogP) is 1.57. The van der Waals surface area contributed by atoms with Gasteiger partial charge in [0, 0.05) is 19.1 Å². The van der Waals surface area contributed by atoms with E-state index >= 15 is 0 Å². The minimum atomic E-state index is -3.30. The van der Waals surface area contributed by atoms with Gasteiger partial charge in [0.2, 0.25) is 15.8 Å². The van der Waals surface area contributed by atoms with Gasteiger partial charge >= 0.3 is 5.69 Å². The zero-order valence-electron chi connectivity index (χ0n) is 11.5. The third kappa shape index (κ3) is 3.67. The van der Waals surface area contributed by atoms with Crippen LogP contribution in [0.4, 0.5) is 15.8 Å². The van der Waals surface area contributed by atoms with Crippen LogP contribution in [0.15, 0.2) is 18.2 Å². The summed E-state index contributed by atoms with van der Waals surface area (Å²) >= 11 is 0. The van der Waals surface area contributed by atoms with Crippen molar-refractivity contribution < 1.29 is 17.7 Å². The van der Waals surface area contributed by atoms with Crippen LogP contribution in [0.3, 0.4) is 0 Å². The van der Waals surface area contributed by atoms with Crippen LogP contribution >= 0.6 is 0 Å². The van der Waals surface area contributed by atoms with Crippen molar-refractivity contribution in [2.75, 3.05) is 24.7 Å². The summed E-state index contributed by atoms with van der Waals surface area (Å²) in [6, 6.07) is 3.53. The number of nitrogens with one attached hydrogen (secondary N) is 1. The lowest BCUT2D eigenvalue weighted by Gasteiger charge is -2.31. The van der Waals surface area contributed by atoms with Gasteiger partial charge in [-0.25, -0.2) is 12.7 Å². The zero-order chi connectivity index (χ0) is 15.6. The molecule has 2 rings (SSSR count). The second-order valence-corrected chi connectivity index (χ2v) is 6.98. The first-order valence-electron chi connectivity index (χ1n) is 6.43. The quantitative estimate of drug-likeness (QED) is 0.672. The number of rotatable bonds is 4. The smallest absolute Gasteiger partial charge is 0.327 e. The van der Waals surface area contributed by atoms with Crippen LogP contribution in [0.25, 0.3) is 0 Å². The standard InChI is InChI=1S/C12H16FN3O4S/c1-21(19,20)15-7-3-4-9(8-15)14-11-6-2-5-10(13)12(11)16(17)18/h2,5-6,9,14H,3-4,7-8H2,1H3. The lowest BCUT2D eigenvalue weighted by Crippen LogP contribution is -2.44. The number of para-hydroxylation sites is 1. The summed E-state index contributed by atoms with van der Waals surface area (Å²) in [5.74, 6) is -0.916. The van der Waals surface area contributed by atoms with Gasteiger partial charge in [0.1, 0.15) is 5.69 Å². The summed E-state index contributed by atoms with van der Waals surface area (Å²) in [6.07, 6.45) is 2.44. The van der Waals surface area contributed by atoms with E-state index in [0.29, 0.717) is 19.4 Å². The fourth-order valence-electron chi connectivity index (χ4n) is 2.40. The molecule has 1 aliphatic rings. The molecule has 7 nitrogen and oxygen atoms in total. The Kier molecular flexibility index (Phi) is 4.43. The Morgan fingerprint density at radius 1 is 1.48 bits per heavy atom. The maximum absolute atomic E-state index is 13.5. The molecule has 9 heteroatoms. The SMILES string of the molecule is CS(=O)(=O)N1CCCC(Nc2cccc(F)c2[N+](=O)[O-])C1. The molecule has 1 saturated heterocycles. The third-order valence-corrected chi connectivity index (χ3v) is 4.65. The minimum Gasteiger partial charge on any atom is -0.375 e. The number of nitro groups is 1. The molecule has 1 heterocycles. The van der Waals surface area contributed by atoms with Gasteiger partial charge in [0.25, 0.3) is 0 Å². The van der Waals surface area contributed by atoms with E-state index < -0.39 is 26.5 Å². The second kappa shape index (κ2) is 5.94. The van der Waals surface area contributed by atoms with Crippen LogP contribution in [0.5, 0.6) is 0 Å². The van der Waals surface area contributed by atoms with E-state index in [1.807, 2.05) is 0 Å². The number of hydrogen-bond acceptors (Lipinski definition) is 5. The molecule has 0 saturated carbocycles. The summed E-state index contributed by atoms with van der Waals surface area (Å²) in [4.78, 5) is 10.1. The van der Waals surface area contributed by atoms with Crippen molar-refractivity contribution in [2.24, 2.45) is 0 Å². The molecule has 0 spiro atoms. The van der Waals surface area contributed by atoms with Crippen molar-refractivity contribution in [1.29, 1.82) is 0 Å². The molecule has 1 unspecified atom stereocenters. The summed E-state index contributed by atoms with van der Waals surface area (Å²) in [5.41, 5.74) is -0.547. The Balaban J connectivity index is 2.19. The Bertz CT molecular complexity index is 650. The van der Waals surface area contributed by atoms with E-state index in [-0.39, 0.29) is 18.3 Å². The second-order valence-electron chi connectivity index (χ2n) is 5.00. The highest BCUT2D eigenvalue weighted by Crippen LogP contribution is 2.29. The van der Waals surface area contributed by atoms with Crippen LogP contribution in [0.2, 0.25) is 0 Å². The largest absolute Gasteiger partial charge is 0.375 e. The third-order valence-electron chi connectivity index (χ3n) is 3.38. The molecule has 0 aliphatic carbocycles. The molecule has 1 aromatic rings. The monoisotopic (exact) mass is 317 g/mol. The first kappa shape index (κ1) is 15.6. The number of sulfonamides is 1. The number of piperidine rings is 1. The maximum atomic E-state index is 13.5. The van der Waals surface area contributed by atoms with Gasteiger partial charge < -0.3 is 5.32 Å². The summed E-state index contributed by atoms with van der Waals surface area (Å²) in [7, 11) is -3.30. The number of hydrogen-bond donors (Lipinski definition) is 1. The van der Waals surface area contributed by atoms with Crippen LogP contribution in [0.1, 0.15) is 12.8 Å². The molecule has 0 bridgehead atoms. The van der Waals surface area contributed by atoms with Crippen LogP contribution in [0, 0.1) is 15.9 Å². The first-order chi connectivity index (χ1) is 9.79. The highest BCUT2D eigenvalue weighted by Gasteiger charge is 2.28. The van der Waals surface area contributed by atoms with Gasteiger partial charge in [-0.05, 0) is 25.0 Å².